The van der Waals surface area contributed by atoms with Crippen molar-refractivity contribution in [1.82, 2.24) is 24.7 Å². The first-order valence-corrected chi connectivity index (χ1v) is 11.9. The Morgan fingerprint density at radius 1 is 1.12 bits per heavy atom. The lowest BCUT2D eigenvalue weighted by molar-refractivity contribution is 0.0825. The molecule has 1 saturated carbocycles. The van der Waals surface area contributed by atoms with E-state index in [9.17, 15) is 0 Å². The molecule has 0 saturated heterocycles. The van der Waals surface area contributed by atoms with E-state index in [1.807, 2.05) is 60.2 Å². The monoisotopic (exact) mass is 460 g/mol. The molecule has 9 heteroatoms. The first-order chi connectivity index (χ1) is 16.1. The Morgan fingerprint density at radius 2 is 1.97 bits per heavy atom. The minimum absolute atomic E-state index is 0.160. The van der Waals surface area contributed by atoms with E-state index in [1.165, 1.54) is 24.2 Å². The van der Waals surface area contributed by atoms with Crippen LogP contribution in [-0.4, -0.2) is 45.4 Å². The summed E-state index contributed by atoms with van der Waals surface area (Å²) in [7, 11) is 3.94. The second-order valence-corrected chi connectivity index (χ2v) is 9.51. The zero-order valence-corrected chi connectivity index (χ0v) is 19.3. The average Bonchev–Trinajstić information content (AvgIpc) is 3.39. The van der Waals surface area contributed by atoms with Gasteiger partial charge in [-0.2, -0.15) is 15.1 Å². The molecule has 0 spiro atoms. The maximum absolute atomic E-state index is 6.19. The smallest absolute Gasteiger partial charge is 0.242 e. The Hall–Kier alpha value is -3.30. The van der Waals surface area contributed by atoms with E-state index in [-0.39, 0.29) is 6.10 Å². The topological polar surface area (TPSA) is 78.2 Å². The summed E-state index contributed by atoms with van der Waals surface area (Å²) in [6.07, 6.45) is 9.08. The highest BCUT2D eigenvalue weighted by atomic mass is 32.1. The van der Waals surface area contributed by atoms with Crippen LogP contribution in [0.15, 0.2) is 48.8 Å². The van der Waals surface area contributed by atoms with Crippen molar-refractivity contribution in [1.29, 1.82) is 0 Å². The zero-order chi connectivity index (χ0) is 22.4. The Balaban J connectivity index is 1.39. The number of hydrogen-bond acceptors (Lipinski definition) is 8. The molecule has 1 aliphatic carbocycles. The summed E-state index contributed by atoms with van der Waals surface area (Å²) < 4.78 is 15.1. The number of para-hydroxylation sites is 1. The Morgan fingerprint density at radius 3 is 2.76 bits per heavy atom. The third kappa shape index (κ3) is 4.09. The maximum atomic E-state index is 6.19. The standard InChI is InChI=1S/C24H24N6O2S/c1-29(2)24-28-22-20(33-24)23(32-18-6-4-3-5-7-18)27-21(26-22)15-10-11-31-19(12-15)16-13-25-30(14-16)17-8-9-17/h3-7,12-14,17,19H,8-11H2,1-2H3/t19-/m1/s1. The molecule has 1 fully saturated rings. The fourth-order valence-electron chi connectivity index (χ4n) is 3.82. The summed E-state index contributed by atoms with van der Waals surface area (Å²) >= 11 is 1.52. The molecule has 1 aromatic carbocycles. The van der Waals surface area contributed by atoms with Crippen molar-refractivity contribution in [3.8, 4) is 11.6 Å². The molecule has 4 aromatic rings. The van der Waals surface area contributed by atoms with Crippen LogP contribution in [0.3, 0.4) is 0 Å². The van der Waals surface area contributed by atoms with Crippen LogP contribution in [0, 0.1) is 0 Å². The van der Waals surface area contributed by atoms with Gasteiger partial charge < -0.3 is 14.4 Å². The third-order valence-electron chi connectivity index (χ3n) is 5.73. The molecule has 8 nitrogen and oxygen atoms in total. The van der Waals surface area contributed by atoms with Crippen molar-refractivity contribution in [2.45, 2.75) is 31.4 Å². The van der Waals surface area contributed by atoms with Crippen LogP contribution in [0.2, 0.25) is 0 Å². The summed E-state index contributed by atoms with van der Waals surface area (Å²) in [6.45, 7) is 0.599. The predicted octanol–water partition coefficient (Wildman–Crippen LogP) is 5.02. The van der Waals surface area contributed by atoms with Gasteiger partial charge in [-0.1, -0.05) is 29.5 Å². The fraction of sp³-hybridized carbons (Fsp3) is 0.333. The molecule has 0 N–H and O–H groups in total. The molecule has 0 bridgehead atoms. The van der Waals surface area contributed by atoms with Gasteiger partial charge in [0.25, 0.3) is 0 Å². The molecule has 2 aliphatic rings. The number of thiazole rings is 1. The second-order valence-electron chi connectivity index (χ2n) is 8.53. The van der Waals surface area contributed by atoms with Crippen LogP contribution in [0.5, 0.6) is 11.6 Å². The largest absolute Gasteiger partial charge is 0.437 e. The van der Waals surface area contributed by atoms with Gasteiger partial charge in [0.15, 0.2) is 16.6 Å². The van der Waals surface area contributed by atoms with Crippen LogP contribution >= 0.6 is 11.3 Å². The Labute approximate surface area is 195 Å². The van der Waals surface area contributed by atoms with Crippen molar-refractivity contribution in [2.75, 3.05) is 25.6 Å². The van der Waals surface area contributed by atoms with E-state index < -0.39 is 0 Å². The van der Waals surface area contributed by atoms with Crippen molar-refractivity contribution < 1.29 is 9.47 Å². The lowest BCUT2D eigenvalue weighted by atomic mass is 10.0. The van der Waals surface area contributed by atoms with E-state index >= 15 is 0 Å². The van der Waals surface area contributed by atoms with Crippen molar-refractivity contribution in [2.24, 2.45) is 0 Å². The number of anilines is 1. The van der Waals surface area contributed by atoms with Crippen LogP contribution in [0.4, 0.5) is 5.13 Å². The maximum Gasteiger partial charge on any atom is 0.242 e. The summed E-state index contributed by atoms with van der Waals surface area (Å²) in [4.78, 5) is 16.3. The first kappa shape index (κ1) is 20.3. The Kier molecular flexibility index (Phi) is 5.07. The molecule has 3 aromatic heterocycles. The minimum atomic E-state index is -0.160. The number of aromatic nitrogens is 5. The van der Waals surface area contributed by atoms with E-state index in [0.717, 1.165) is 33.1 Å². The summed E-state index contributed by atoms with van der Waals surface area (Å²) in [5.41, 5.74) is 2.74. The molecule has 1 atom stereocenters. The van der Waals surface area contributed by atoms with Crippen LogP contribution < -0.4 is 9.64 Å². The summed E-state index contributed by atoms with van der Waals surface area (Å²) in [5, 5.41) is 5.38. The molecule has 33 heavy (non-hydrogen) atoms. The van der Waals surface area contributed by atoms with Crippen LogP contribution in [0.1, 0.15) is 42.8 Å². The molecule has 4 heterocycles. The molecule has 168 valence electrons. The van der Waals surface area contributed by atoms with E-state index in [2.05, 4.69) is 17.4 Å². The first-order valence-electron chi connectivity index (χ1n) is 11.1. The summed E-state index contributed by atoms with van der Waals surface area (Å²) in [6, 6.07) is 10.2. The molecular weight excluding hydrogens is 436 g/mol. The van der Waals surface area contributed by atoms with Gasteiger partial charge in [0.05, 0.1) is 18.8 Å². The predicted molar refractivity (Wildman–Crippen MR) is 128 cm³/mol. The highest BCUT2D eigenvalue weighted by molar-refractivity contribution is 7.22. The van der Waals surface area contributed by atoms with Gasteiger partial charge in [-0.3, -0.25) is 4.68 Å². The highest BCUT2D eigenvalue weighted by Gasteiger charge is 2.27. The lowest BCUT2D eigenvalue weighted by Crippen LogP contribution is -2.11. The number of nitrogens with zero attached hydrogens (tertiary/aromatic N) is 6. The average molecular weight is 461 g/mol. The SMILES string of the molecule is CN(C)c1nc2nc(C3=C[C@H](c4cnn(C5CC5)c4)OCC3)nc(Oc3ccccc3)c2s1. The highest BCUT2D eigenvalue weighted by Crippen LogP contribution is 2.38. The molecular formula is C24H24N6O2S. The van der Waals surface area contributed by atoms with Crippen LogP contribution in [-0.2, 0) is 4.74 Å². The quantitative estimate of drug-likeness (QED) is 0.400. The lowest BCUT2D eigenvalue weighted by Gasteiger charge is -2.20. The third-order valence-corrected chi connectivity index (χ3v) is 6.93. The number of benzene rings is 1. The molecule has 0 radical (unpaired) electrons. The zero-order valence-electron chi connectivity index (χ0n) is 18.5. The fourth-order valence-corrected chi connectivity index (χ4v) is 4.67. The molecule has 0 amide bonds. The van der Waals surface area contributed by atoms with Gasteiger partial charge >= 0.3 is 0 Å². The van der Waals surface area contributed by atoms with Gasteiger partial charge in [0.2, 0.25) is 5.88 Å². The Bertz CT molecular complexity index is 1330. The van der Waals surface area contributed by atoms with Crippen LogP contribution in [0.25, 0.3) is 15.9 Å². The van der Waals surface area contributed by atoms with Crippen molar-refractivity contribution in [3.05, 3.63) is 60.2 Å². The van der Waals surface area contributed by atoms with Gasteiger partial charge in [0.1, 0.15) is 16.6 Å². The van der Waals surface area contributed by atoms with E-state index in [1.54, 1.807) is 0 Å². The minimum Gasteiger partial charge on any atom is -0.437 e. The van der Waals surface area contributed by atoms with Crippen molar-refractivity contribution in [3.63, 3.8) is 0 Å². The molecule has 6 rings (SSSR count). The number of ether oxygens (including phenoxy) is 2. The summed E-state index contributed by atoms with van der Waals surface area (Å²) in [5.74, 6) is 1.89. The van der Waals surface area contributed by atoms with Gasteiger partial charge in [0, 0.05) is 25.9 Å². The van der Waals surface area contributed by atoms with Gasteiger partial charge in [-0.15, -0.1) is 0 Å². The molecule has 1 aliphatic heterocycles. The number of hydrogen-bond donors (Lipinski definition) is 0. The number of rotatable bonds is 6. The van der Waals surface area contributed by atoms with Gasteiger partial charge in [-0.25, -0.2) is 4.98 Å². The van der Waals surface area contributed by atoms with E-state index in [4.69, 9.17) is 24.4 Å². The molecule has 0 unspecified atom stereocenters. The second kappa shape index (κ2) is 8.24. The normalized spacial score (nSPS) is 18.4. The van der Waals surface area contributed by atoms with E-state index in [0.29, 0.717) is 30.0 Å². The number of fused-ring (bicyclic) bond motifs is 1. The van der Waals surface area contributed by atoms with Gasteiger partial charge in [-0.05, 0) is 43.0 Å². The van der Waals surface area contributed by atoms with Crippen molar-refractivity contribution >= 4 is 32.4 Å².